The molecule has 0 saturated carbocycles. The van der Waals surface area contributed by atoms with E-state index in [4.69, 9.17) is 10.2 Å². The summed E-state index contributed by atoms with van der Waals surface area (Å²) in [5.41, 5.74) is 6.85. The third kappa shape index (κ3) is 2.91. The van der Waals surface area contributed by atoms with Crippen LogP contribution in [-0.4, -0.2) is 11.8 Å². The van der Waals surface area contributed by atoms with Crippen molar-refractivity contribution in [2.24, 2.45) is 5.73 Å². The van der Waals surface area contributed by atoms with E-state index in [1.54, 1.807) is 6.26 Å². The summed E-state index contributed by atoms with van der Waals surface area (Å²) in [5, 5.41) is 0. The first-order valence-electron chi connectivity index (χ1n) is 4.06. The van der Waals surface area contributed by atoms with Crippen molar-refractivity contribution in [3.05, 3.63) is 23.7 Å². The van der Waals surface area contributed by atoms with E-state index in [9.17, 15) is 0 Å². The van der Waals surface area contributed by atoms with Crippen LogP contribution in [0.15, 0.2) is 16.7 Å². The number of hydrogen-bond acceptors (Lipinski definition) is 3. The maximum absolute atomic E-state index is 5.62. The summed E-state index contributed by atoms with van der Waals surface area (Å²) < 4.78 is 5.28. The SMILES string of the molecule is Cc1ccoc1CSCC(C)N. The van der Waals surface area contributed by atoms with E-state index in [0.717, 1.165) is 17.3 Å². The van der Waals surface area contributed by atoms with E-state index in [2.05, 4.69) is 6.92 Å². The third-order valence-electron chi connectivity index (χ3n) is 1.58. The van der Waals surface area contributed by atoms with E-state index >= 15 is 0 Å². The smallest absolute Gasteiger partial charge is 0.116 e. The van der Waals surface area contributed by atoms with E-state index in [0.29, 0.717) is 0 Å². The Balaban J connectivity index is 2.29. The lowest BCUT2D eigenvalue weighted by Gasteiger charge is -2.02. The fourth-order valence-corrected chi connectivity index (χ4v) is 1.86. The van der Waals surface area contributed by atoms with E-state index in [1.165, 1.54) is 5.56 Å². The molecule has 1 rings (SSSR count). The molecule has 1 unspecified atom stereocenters. The van der Waals surface area contributed by atoms with Crippen LogP contribution in [0.25, 0.3) is 0 Å². The van der Waals surface area contributed by atoms with Gasteiger partial charge in [-0.15, -0.1) is 0 Å². The fraction of sp³-hybridized carbons (Fsp3) is 0.556. The number of aryl methyl sites for hydroxylation is 1. The normalized spacial score (nSPS) is 13.2. The second kappa shape index (κ2) is 4.58. The van der Waals surface area contributed by atoms with Crippen molar-refractivity contribution >= 4 is 11.8 Å². The Kier molecular flexibility index (Phi) is 3.69. The van der Waals surface area contributed by atoms with Crippen LogP contribution in [0.1, 0.15) is 18.2 Å². The second-order valence-corrected chi connectivity index (χ2v) is 4.05. The minimum absolute atomic E-state index is 0.269. The standard InChI is InChI=1S/C9H15NOS/c1-7-3-4-11-9(7)6-12-5-8(2)10/h3-4,8H,5-6,10H2,1-2H3. The van der Waals surface area contributed by atoms with Crippen LogP contribution in [-0.2, 0) is 5.75 Å². The lowest BCUT2D eigenvalue weighted by atomic mass is 10.3. The van der Waals surface area contributed by atoms with Crippen molar-refractivity contribution in [1.82, 2.24) is 0 Å². The van der Waals surface area contributed by atoms with E-state index in [1.807, 2.05) is 24.8 Å². The molecule has 1 aromatic heterocycles. The highest BCUT2D eigenvalue weighted by Crippen LogP contribution is 2.16. The van der Waals surface area contributed by atoms with Gasteiger partial charge in [0.25, 0.3) is 0 Å². The van der Waals surface area contributed by atoms with Gasteiger partial charge in [-0.1, -0.05) is 0 Å². The van der Waals surface area contributed by atoms with Crippen LogP contribution >= 0.6 is 11.8 Å². The Bertz CT molecular complexity index is 232. The van der Waals surface area contributed by atoms with Gasteiger partial charge in [0.15, 0.2) is 0 Å². The average Bonchev–Trinajstić information content (AvgIpc) is 2.36. The van der Waals surface area contributed by atoms with Crippen LogP contribution in [0.3, 0.4) is 0 Å². The van der Waals surface area contributed by atoms with Crippen LogP contribution in [0.4, 0.5) is 0 Å². The molecular formula is C9H15NOS. The molecule has 0 aliphatic heterocycles. The Hall–Kier alpha value is -0.410. The second-order valence-electron chi connectivity index (χ2n) is 3.02. The first-order valence-corrected chi connectivity index (χ1v) is 5.22. The van der Waals surface area contributed by atoms with Gasteiger partial charge in [0.2, 0.25) is 0 Å². The molecule has 0 bridgehead atoms. The molecule has 2 N–H and O–H groups in total. The third-order valence-corrected chi connectivity index (χ3v) is 2.81. The largest absolute Gasteiger partial charge is 0.468 e. The molecule has 0 spiro atoms. The van der Waals surface area contributed by atoms with E-state index < -0.39 is 0 Å². The predicted octanol–water partition coefficient (Wildman–Crippen LogP) is 2.17. The van der Waals surface area contributed by atoms with Gasteiger partial charge < -0.3 is 10.2 Å². The van der Waals surface area contributed by atoms with Gasteiger partial charge in [-0.2, -0.15) is 11.8 Å². The summed E-state index contributed by atoms with van der Waals surface area (Å²) >= 11 is 1.81. The number of thioether (sulfide) groups is 1. The van der Waals surface area contributed by atoms with Crippen molar-refractivity contribution < 1.29 is 4.42 Å². The summed E-state index contributed by atoms with van der Waals surface area (Å²) in [6, 6.07) is 2.26. The monoisotopic (exact) mass is 185 g/mol. The molecule has 0 fully saturated rings. The van der Waals surface area contributed by atoms with Gasteiger partial charge in [0, 0.05) is 11.8 Å². The molecule has 0 amide bonds. The lowest BCUT2D eigenvalue weighted by molar-refractivity contribution is 0.528. The Morgan fingerprint density at radius 2 is 2.42 bits per heavy atom. The summed E-state index contributed by atoms with van der Waals surface area (Å²) in [6.07, 6.45) is 1.73. The number of nitrogens with two attached hydrogens (primary N) is 1. The van der Waals surface area contributed by atoms with Gasteiger partial charge in [0.1, 0.15) is 5.76 Å². The van der Waals surface area contributed by atoms with Gasteiger partial charge in [-0.25, -0.2) is 0 Å². The number of hydrogen-bond donors (Lipinski definition) is 1. The highest BCUT2D eigenvalue weighted by molar-refractivity contribution is 7.98. The van der Waals surface area contributed by atoms with Crippen molar-refractivity contribution in [3.63, 3.8) is 0 Å². The predicted molar refractivity (Wildman–Crippen MR) is 53.3 cm³/mol. The molecular weight excluding hydrogens is 170 g/mol. The molecule has 68 valence electrons. The Morgan fingerprint density at radius 1 is 1.67 bits per heavy atom. The summed E-state index contributed by atoms with van der Waals surface area (Å²) in [5.74, 6) is 2.99. The molecule has 1 atom stereocenters. The highest BCUT2D eigenvalue weighted by Gasteiger charge is 2.02. The van der Waals surface area contributed by atoms with Crippen LogP contribution in [0, 0.1) is 6.92 Å². The van der Waals surface area contributed by atoms with Crippen LogP contribution in [0.2, 0.25) is 0 Å². The van der Waals surface area contributed by atoms with Crippen molar-refractivity contribution in [2.75, 3.05) is 5.75 Å². The van der Waals surface area contributed by atoms with Gasteiger partial charge in [-0.05, 0) is 25.5 Å². The molecule has 0 radical (unpaired) electrons. The van der Waals surface area contributed by atoms with Crippen molar-refractivity contribution in [3.8, 4) is 0 Å². The van der Waals surface area contributed by atoms with Gasteiger partial charge in [0.05, 0.1) is 12.0 Å². The van der Waals surface area contributed by atoms with Crippen molar-refractivity contribution in [2.45, 2.75) is 25.6 Å². The zero-order chi connectivity index (χ0) is 8.97. The first kappa shape index (κ1) is 9.68. The molecule has 12 heavy (non-hydrogen) atoms. The summed E-state index contributed by atoms with van der Waals surface area (Å²) in [7, 11) is 0. The zero-order valence-corrected chi connectivity index (χ0v) is 8.36. The zero-order valence-electron chi connectivity index (χ0n) is 7.54. The van der Waals surface area contributed by atoms with Crippen LogP contribution < -0.4 is 5.73 Å². The topological polar surface area (TPSA) is 39.2 Å². The number of rotatable bonds is 4. The van der Waals surface area contributed by atoms with E-state index in [-0.39, 0.29) is 6.04 Å². The average molecular weight is 185 g/mol. The molecule has 0 aliphatic carbocycles. The summed E-state index contributed by atoms with van der Waals surface area (Å²) in [4.78, 5) is 0. The lowest BCUT2D eigenvalue weighted by Crippen LogP contribution is -2.17. The molecule has 3 heteroatoms. The van der Waals surface area contributed by atoms with Gasteiger partial charge in [-0.3, -0.25) is 0 Å². The Morgan fingerprint density at radius 3 is 2.92 bits per heavy atom. The Labute approximate surface area is 77.5 Å². The van der Waals surface area contributed by atoms with Gasteiger partial charge >= 0.3 is 0 Å². The van der Waals surface area contributed by atoms with Crippen molar-refractivity contribution in [1.29, 1.82) is 0 Å². The minimum Gasteiger partial charge on any atom is -0.468 e. The molecule has 0 saturated heterocycles. The minimum atomic E-state index is 0.269. The molecule has 1 heterocycles. The maximum atomic E-state index is 5.62. The summed E-state index contributed by atoms with van der Waals surface area (Å²) in [6.45, 7) is 4.08. The quantitative estimate of drug-likeness (QED) is 0.781. The number of furan rings is 1. The molecule has 1 aromatic rings. The first-order chi connectivity index (χ1) is 5.70. The molecule has 0 aromatic carbocycles. The molecule has 0 aliphatic rings. The highest BCUT2D eigenvalue weighted by atomic mass is 32.2. The van der Waals surface area contributed by atoms with Crippen LogP contribution in [0.5, 0.6) is 0 Å². The molecule has 2 nitrogen and oxygen atoms in total. The maximum Gasteiger partial charge on any atom is 0.116 e. The fourth-order valence-electron chi connectivity index (χ4n) is 0.889.